The molecule has 0 saturated carbocycles. The third kappa shape index (κ3) is 6.44. The molecule has 0 aromatic carbocycles. The third-order valence-corrected chi connectivity index (χ3v) is 4.02. The van der Waals surface area contributed by atoms with E-state index in [0.29, 0.717) is 17.9 Å². The third-order valence-electron chi connectivity index (χ3n) is 4.02. The number of allylic oxidation sites excluding steroid dienone is 1. The standard InChI is InChI=1S/C16H33NO/c1-8-9-11-17(13(2)3)12-10-14(4)15(5)16(6)18-7/h13-15H,6,8-12H2,1-5,7H3. The summed E-state index contributed by atoms with van der Waals surface area (Å²) in [7, 11) is 1.72. The molecule has 0 spiro atoms. The van der Waals surface area contributed by atoms with Crippen LogP contribution in [-0.4, -0.2) is 31.1 Å². The molecule has 0 aliphatic rings. The Morgan fingerprint density at radius 1 is 1.17 bits per heavy atom. The van der Waals surface area contributed by atoms with Crippen LogP contribution in [0.4, 0.5) is 0 Å². The summed E-state index contributed by atoms with van der Waals surface area (Å²) in [5.41, 5.74) is 0. The fourth-order valence-electron chi connectivity index (χ4n) is 2.11. The van der Waals surface area contributed by atoms with Crippen LogP contribution < -0.4 is 0 Å². The lowest BCUT2D eigenvalue weighted by atomic mass is 9.91. The second-order valence-corrected chi connectivity index (χ2v) is 5.71. The fraction of sp³-hybridized carbons (Fsp3) is 0.875. The molecule has 0 bridgehead atoms. The predicted octanol–water partition coefficient (Wildman–Crippen LogP) is 4.32. The Balaban J connectivity index is 4.13. The predicted molar refractivity (Wildman–Crippen MR) is 80.7 cm³/mol. The molecule has 0 saturated heterocycles. The van der Waals surface area contributed by atoms with Crippen LogP contribution in [0.1, 0.15) is 53.9 Å². The van der Waals surface area contributed by atoms with Gasteiger partial charge in [0.25, 0.3) is 0 Å². The van der Waals surface area contributed by atoms with E-state index in [1.54, 1.807) is 7.11 Å². The van der Waals surface area contributed by atoms with E-state index < -0.39 is 0 Å². The lowest BCUT2D eigenvalue weighted by molar-refractivity contribution is 0.177. The van der Waals surface area contributed by atoms with E-state index in [2.05, 4.69) is 46.1 Å². The molecule has 0 aromatic heterocycles. The Hall–Kier alpha value is -0.500. The number of hydrogen-bond acceptors (Lipinski definition) is 2. The largest absolute Gasteiger partial charge is 0.501 e. The Morgan fingerprint density at radius 2 is 1.78 bits per heavy atom. The molecule has 2 nitrogen and oxygen atoms in total. The number of rotatable bonds is 10. The summed E-state index contributed by atoms with van der Waals surface area (Å²) in [5.74, 6) is 1.97. The first-order chi connectivity index (χ1) is 8.43. The van der Waals surface area contributed by atoms with Gasteiger partial charge in [-0.3, -0.25) is 0 Å². The van der Waals surface area contributed by atoms with E-state index in [1.807, 2.05) is 0 Å². The smallest absolute Gasteiger partial charge is 0.0914 e. The number of ether oxygens (including phenoxy) is 1. The van der Waals surface area contributed by atoms with Crippen LogP contribution in [0.15, 0.2) is 12.3 Å². The van der Waals surface area contributed by atoms with Crippen LogP contribution in [0.3, 0.4) is 0 Å². The lowest BCUT2D eigenvalue weighted by Crippen LogP contribution is -2.34. The maximum Gasteiger partial charge on any atom is 0.0914 e. The number of hydrogen-bond donors (Lipinski definition) is 0. The van der Waals surface area contributed by atoms with E-state index >= 15 is 0 Å². The van der Waals surface area contributed by atoms with E-state index in [0.717, 1.165) is 5.76 Å². The van der Waals surface area contributed by atoms with Gasteiger partial charge in [-0.25, -0.2) is 0 Å². The van der Waals surface area contributed by atoms with E-state index in [9.17, 15) is 0 Å². The Morgan fingerprint density at radius 3 is 2.22 bits per heavy atom. The van der Waals surface area contributed by atoms with Crippen molar-refractivity contribution in [3.05, 3.63) is 12.3 Å². The molecule has 2 heteroatoms. The van der Waals surface area contributed by atoms with Gasteiger partial charge in [-0.1, -0.05) is 33.8 Å². The van der Waals surface area contributed by atoms with Gasteiger partial charge in [-0.2, -0.15) is 0 Å². The molecule has 0 N–H and O–H groups in total. The summed E-state index contributed by atoms with van der Waals surface area (Å²) in [6, 6.07) is 0.643. The Labute approximate surface area is 114 Å². The summed E-state index contributed by atoms with van der Waals surface area (Å²) >= 11 is 0. The van der Waals surface area contributed by atoms with Crippen LogP contribution in [0, 0.1) is 11.8 Å². The van der Waals surface area contributed by atoms with Gasteiger partial charge in [0.1, 0.15) is 0 Å². The molecule has 18 heavy (non-hydrogen) atoms. The van der Waals surface area contributed by atoms with Gasteiger partial charge in [0, 0.05) is 12.0 Å². The molecule has 0 amide bonds. The highest BCUT2D eigenvalue weighted by molar-refractivity contribution is 4.91. The molecule has 0 aliphatic carbocycles. The highest BCUT2D eigenvalue weighted by atomic mass is 16.5. The van der Waals surface area contributed by atoms with Crippen molar-refractivity contribution in [2.75, 3.05) is 20.2 Å². The maximum atomic E-state index is 5.24. The molecular formula is C16H33NO. The van der Waals surface area contributed by atoms with Crippen molar-refractivity contribution in [1.82, 2.24) is 4.90 Å². The van der Waals surface area contributed by atoms with E-state index in [4.69, 9.17) is 4.74 Å². The van der Waals surface area contributed by atoms with Crippen LogP contribution >= 0.6 is 0 Å². The number of nitrogens with zero attached hydrogens (tertiary/aromatic N) is 1. The highest BCUT2D eigenvalue weighted by Crippen LogP contribution is 2.22. The lowest BCUT2D eigenvalue weighted by Gasteiger charge is -2.29. The van der Waals surface area contributed by atoms with Crippen molar-refractivity contribution in [1.29, 1.82) is 0 Å². The summed E-state index contributed by atoms with van der Waals surface area (Å²) in [6.45, 7) is 17.7. The average molecular weight is 255 g/mol. The summed E-state index contributed by atoms with van der Waals surface area (Å²) in [5, 5.41) is 0. The molecule has 0 aliphatic heterocycles. The fourth-order valence-corrected chi connectivity index (χ4v) is 2.11. The van der Waals surface area contributed by atoms with Crippen molar-refractivity contribution < 1.29 is 4.74 Å². The molecule has 0 aromatic rings. The molecule has 0 rings (SSSR count). The van der Waals surface area contributed by atoms with Gasteiger partial charge in [0.05, 0.1) is 12.9 Å². The second kappa shape index (κ2) is 9.43. The van der Waals surface area contributed by atoms with Crippen LogP contribution in [0.2, 0.25) is 0 Å². The van der Waals surface area contributed by atoms with Crippen molar-refractivity contribution in [3.63, 3.8) is 0 Å². The molecule has 0 fully saturated rings. The topological polar surface area (TPSA) is 12.5 Å². The molecule has 2 atom stereocenters. The van der Waals surface area contributed by atoms with Crippen molar-refractivity contribution >= 4 is 0 Å². The number of unbranched alkanes of at least 4 members (excludes halogenated alkanes) is 1. The minimum absolute atomic E-state index is 0.440. The van der Waals surface area contributed by atoms with Crippen LogP contribution in [0.25, 0.3) is 0 Å². The first-order valence-electron chi connectivity index (χ1n) is 7.40. The first-order valence-corrected chi connectivity index (χ1v) is 7.40. The SMILES string of the molecule is C=C(OC)C(C)C(C)CCN(CCCC)C(C)C. The minimum atomic E-state index is 0.440. The molecule has 0 radical (unpaired) electrons. The molecular weight excluding hydrogens is 222 g/mol. The highest BCUT2D eigenvalue weighted by Gasteiger charge is 2.18. The minimum Gasteiger partial charge on any atom is -0.501 e. The van der Waals surface area contributed by atoms with Crippen molar-refractivity contribution in [2.45, 2.75) is 59.9 Å². The van der Waals surface area contributed by atoms with E-state index in [-0.39, 0.29) is 0 Å². The summed E-state index contributed by atoms with van der Waals surface area (Å²) in [6.07, 6.45) is 3.79. The zero-order valence-electron chi connectivity index (χ0n) is 13.3. The van der Waals surface area contributed by atoms with Gasteiger partial charge >= 0.3 is 0 Å². The molecule has 108 valence electrons. The molecule has 2 unspecified atom stereocenters. The van der Waals surface area contributed by atoms with E-state index in [1.165, 1.54) is 32.4 Å². The monoisotopic (exact) mass is 255 g/mol. The van der Waals surface area contributed by atoms with Crippen LogP contribution in [0.5, 0.6) is 0 Å². The zero-order valence-corrected chi connectivity index (χ0v) is 13.3. The quantitative estimate of drug-likeness (QED) is 0.539. The summed E-state index contributed by atoms with van der Waals surface area (Å²) in [4.78, 5) is 2.59. The Bertz CT molecular complexity index is 225. The zero-order chi connectivity index (χ0) is 14.1. The first kappa shape index (κ1) is 17.5. The van der Waals surface area contributed by atoms with Gasteiger partial charge in [-0.05, 0) is 45.7 Å². The van der Waals surface area contributed by atoms with Gasteiger partial charge in [0.15, 0.2) is 0 Å². The van der Waals surface area contributed by atoms with Crippen molar-refractivity contribution in [3.8, 4) is 0 Å². The van der Waals surface area contributed by atoms with Gasteiger partial charge < -0.3 is 9.64 Å². The van der Waals surface area contributed by atoms with Gasteiger partial charge in [-0.15, -0.1) is 0 Å². The Kier molecular flexibility index (Phi) is 9.17. The normalized spacial score (nSPS) is 14.9. The van der Waals surface area contributed by atoms with Crippen LogP contribution in [-0.2, 0) is 4.74 Å². The number of methoxy groups -OCH3 is 1. The molecule has 0 heterocycles. The second-order valence-electron chi connectivity index (χ2n) is 5.71. The maximum absolute atomic E-state index is 5.24. The van der Waals surface area contributed by atoms with Crippen molar-refractivity contribution in [2.24, 2.45) is 11.8 Å². The average Bonchev–Trinajstić information content (AvgIpc) is 2.36. The van der Waals surface area contributed by atoms with Gasteiger partial charge in [0.2, 0.25) is 0 Å². The summed E-state index contributed by atoms with van der Waals surface area (Å²) < 4.78 is 5.24.